The van der Waals surface area contributed by atoms with Crippen LogP contribution in [0.3, 0.4) is 0 Å². The fourth-order valence-electron chi connectivity index (χ4n) is 6.00. The molecular weight excluding hydrogens is 528 g/mol. The third-order valence-electron chi connectivity index (χ3n) is 8.77. The molecule has 42 heavy (non-hydrogen) atoms. The van der Waals surface area contributed by atoms with Crippen molar-refractivity contribution in [3.8, 4) is 0 Å². The summed E-state index contributed by atoms with van der Waals surface area (Å²) in [5, 5.41) is 25.0. The molecule has 1 saturated heterocycles. The van der Waals surface area contributed by atoms with Crippen molar-refractivity contribution in [2.24, 2.45) is 0 Å². The zero-order valence-electron chi connectivity index (χ0n) is 24.6. The van der Waals surface area contributed by atoms with Gasteiger partial charge in [-0.2, -0.15) is 0 Å². The van der Waals surface area contributed by atoms with Gasteiger partial charge in [-0.3, -0.25) is 0 Å². The van der Waals surface area contributed by atoms with Crippen LogP contribution < -0.4 is 0 Å². The Morgan fingerprint density at radius 3 is 0.976 bits per heavy atom. The van der Waals surface area contributed by atoms with Gasteiger partial charge in [-0.05, 0) is 36.1 Å². The van der Waals surface area contributed by atoms with Crippen LogP contribution in [0.5, 0.6) is 0 Å². The maximum absolute atomic E-state index is 12.5. The van der Waals surface area contributed by atoms with E-state index in [9.17, 15) is 10.2 Å². The molecule has 0 unspecified atom stereocenters. The summed E-state index contributed by atoms with van der Waals surface area (Å²) in [5.41, 5.74) is 0.0283. The average molecular weight is 569 g/mol. The van der Waals surface area contributed by atoms with E-state index >= 15 is 0 Å². The number of hydrogen-bond donors (Lipinski definition) is 2. The summed E-state index contributed by atoms with van der Waals surface area (Å²) < 4.78 is 25.3. The Kier molecular flexibility index (Phi) is 8.67. The lowest BCUT2D eigenvalue weighted by Gasteiger charge is -2.54. The molecule has 0 aliphatic carbocycles. The van der Waals surface area contributed by atoms with E-state index in [1.165, 1.54) is 0 Å². The Labute approximate surface area is 248 Å². The van der Waals surface area contributed by atoms with Crippen molar-refractivity contribution in [3.63, 3.8) is 0 Å². The summed E-state index contributed by atoms with van der Waals surface area (Å²) >= 11 is 0. The van der Waals surface area contributed by atoms with Gasteiger partial charge in [0.1, 0.15) is 11.2 Å². The Balaban J connectivity index is 1.62. The second-order valence-electron chi connectivity index (χ2n) is 11.2. The topological polar surface area (TPSA) is 77.4 Å². The smallest absolute Gasteiger partial charge is 0.220 e. The second-order valence-corrected chi connectivity index (χ2v) is 11.2. The third kappa shape index (κ3) is 5.54. The van der Waals surface area contributed by atoms with Crippen molar-refractivity contribution in [3.05, 3.63) is 144 Å². The summed E-state index contributed by atoms with van der Waals surface area (Å²) in [4.78, 5) is 0. The van der Waals surface area contributed by atoms with Crippen molar-refractivity contribution >= 4 is 0 Å². The zero-order valence-corrected chi connectivity index (χ0v) is 24.6. The summed E-state index contributed by atoms with van der Waals surface area (Å²) in [6, 6.07) is 38.2. The van der Waals surface area contributed by atoms with Crippen molar-refractivity contribution in [1.82, 2.24) is 0 Å². The van der Waals surface area contributed by atoms with E-state index < -0.39 is 35.0 Å². The molecule has 5 rings (SSSR count). The predicted molar refractivity (Wildman–Crippen MR) is 162 cm³/mol. The molecule has 1 fully saturated rings. The summed E-state index contributed by atoms with van der Waals surface area (Å²) in [6.07, 6.45) is -1.18. The molecule has 0 amide bonds. The van der Waals surface area contributed by atoms with Gasteiger partial charge in [-0.1, -0.05) is 121 Å². The first kappa shape index (κ1) is 30.1. The molecule has 4 aromatic carbocycles. The average Bonchev–Trinajstić information content (AvgIpc) is 3.05. The van der Waals surface area contributed by atoms with Crippen LogP contribution in [0.25, 0.3) is 0 Å². The van der Waals surface area contributed by atoms with Gasteiger partial charge in [-0.15, -0.1) is 0 Å². The van der Waals surface area contributed by atoms with Gasteiger partial charge < -0.3 is 29.2 Å². The van der Waals surface area contributed by atoms with E-state index in [0.717, 1.165) is 22.3 Å². The van der Waals surface area contributed by atoms with E-state index in [-0.39, 0.29) is 12.8 Å². The summed E-state index contributed by atoms with van der Waals surface area (Å²) in [7, 11) is 3.09. The first-order valence-corrected chi connectivity index (χ1v) is 14.3. The molecule has 6 nitrogen and oxygen atoms in total. The molecule has 1 aliphatic heterocycles. The molecule has 4 atom stereocenters. The van der Waals surface area contributed by atoms with Crippen LogP contribution in [0.1, 0.15) is 48.9 Å². The van der Waals surface area contributed by atoms with Crippen molar-refractivity contribution in [2.75, 3.05) is 14.2 Å². The van der Waals surface area contributed by atoms with Crippen LogP contribution in [0.4, 0.5) is 0 Å². The van der Waals surface area contributed by atoms with Gasteiger partial charge in [-0.25, -0.2) is 0 Å². The molecule has 1 aliphatic rings. The Morgan fingerprint density at radius 1 is 0.524 bits per heavy atom. The highest BCUT2D eigenvalue weighted by atomic mass is 16.8. The van der Waals surface area contributed by atoms with Gasteiger partial charge >= 0.3 is 0 Å². The SMILES string of the molecule is CO[C@]1(C)O[C@@H](CC(O)(c2ccccc2)c2ccccc2)[C@H](CC(O)(c2ccccc2)c2ccccc2)O[C@@]1(C)OC. The second kappa shape index (κ2) is 12.1. The number of hydrogen-bond acceptors (Lipinski definition) is 6. The Hall–Kier alpha value is -3.36. The molecule has 0 aromatic heterocycles. The van der Waals surface area contributed by atoms with Crippen molar-refractivity contribution in [1.29, 1.82) is 0 Å². The van der Waals surface area contributed by atoms with Gasteiger partial charge in [0, 0.05) is 27.1 Å². The minimum atomic E-state index is -1.43. The van der Waals surface area contributed by atoms with E-state index in [1.54, 1.807) is 28.1 Å². The third-order valence-corrected chi connectivity index (χ3v) is 8.77. The maximum atomic E-state index is 12.5. The zero-order chi connectivity index (χ0) is 29.8. The molecule has 1 heterocycles. The first-order valence-electron chi connectivity index (χ1n) is 14.3. The summed E-state index contributed by atoms with van der Waals surface area (Å²) in [6.45, 7) is 3.54. The lowest BCUT2D eigenvalue weighted by molar-refractivity contribution is -0.452. The number of benzene rings is 4. The van der Waals surface area contributed by atoms with Crippen LogP contribution in [0.15, 0.2) is 121 Å². The molecule has 4 aromatic rings. The molecule has 2 N–H and O–H groups in total. The summed E-state index contributed by atoms with van der Waals surface area (Å²) in [5.74, 6) is -2.62. The van der Waals surface area contributed by atoms with Crippen LogP contribution in [0.2, 0.25) is 0 Å². The lowest BCUT2D eigenvalue weighted by Crippen LogP contribution is -2.66. The minimum Gasteiger partial charge on any atom is -0.380 e. The van der Waals surface area contributed by atoms with E-state index in [0.29, 0.717) is 0 Å². The normalized spacial score (nSPS) is 24.8. The van der Waals surface area contributed by atoms with Crippen molar-refractivity contribution < 1.29 is 29.2 Å². The van der Waals surface area contributed by atoms with Crippen LogP contribution >= 0.6 is 0 Å². The standard InChI is InChI=1S/C36H40O6/c1-33(39-3)34(2,40-4)42-32(26-36(38,29-21-13-7-14-22-29)30-23-15-8-16-24-30)31(41-33)25-35(37,27-17-9-5-10-18-27)28-19-11-6-12-20-28/h5-24,31-32,37-38H,25-26H2,1-4H3/t31-,32-,33+,34+/m0/s1. The fourth-order valence-corrected chi connectivity index (χ4v) is 6.00. The molecule has 0 radical (unpaired) electrons. The molecule has 0 bridgehead atoms. The predicted octanol–water partition coefficient (Wildman–Crippen LogP) is 6.15. The first-order chi connectivity index (χ1) is 20.2. The van der Waals surface area contributed by atoms with Crippen molar-refractivity contribution in [2.45, 2.75) is 61.7 Å². The highest BCUT2D eigenvalue weighted by molar-refractivity contribution is 5.38. The molecule has 0 spiro atoms. The molecule has 220 valence electrons. The van der Waals surface area contributed by atoms with E-state index in [4.69, 9.17) is 18.9 Å². The lowest BCUT2D eigenvalue weighted by atomic mass is 9.76. The van der Waals surface area contributed by atoms with Crippen LogP contribution in [-0.4, -0.2) is 48.2 Å². The maximum Gasteiger partial charge on any atom is 0.220 e. The van der Waals surface area contributed by atoms with E-state index in [1.807, 2.05) is 121 Å². The van der Waals surface area contributed by atoms with Gasteiger partial charge in [0.2, 0.25) is 11.6 Å². The Morgan fingerprint density at radius 2 is 0.762 bits per heavy atom. The van der Waals surface area contributed by atoms with Crippen LogP contribution in [-0.2, 0) is 30.1 Å². The number of ether oxygens (including phenoxy) is 4. The molecule has 6 heteroatoms. The molecule has 0 saturated carbocycles. The monoisotopic (exact) mass is 568 g/mol. The number of rotatable bonds is 10. The minimum absolute atomic E-state index is 0.129. The number of aliphatic hydroxyl groups is 2. The van der Waals surface area contributed by atoms with Gasteiger partial charge in [0.25, 0.3) is 0 Å². The van der Waals surface area contributed by atoms with Gasteiger partial charge in [0.05, 0.1) is 12.2 Å². The highest BCUT2D eigenvalue weighted by Crippen LogP contribution is 2.47. The molecular formula is C36H40O6. The van der Waals surface area contributed by atoms with E-state index in [2.05, 4.69) is 0 Å². The van der Waals surface area contributed by atoms with Gasteiger partial charge in [0.15, 0.2) is 0 Å². The fraction of sp³-hybridized carbons (Fsp3) is 0.333. The quantitative estimate of drug-likeness (QED) is 0.239. The number of methoxy groups -OCH3 is 2. The Bertz CT molecular complexity index is 1220. The van der Waals surface area contributed by atoms with Crippen LogP contribution in [0, 0.1) is 0 Å². The largest absolute Gasteiger partial charge is 0.380 e. The highest BCUT2D eigenvalue weighted by Gasteiger charge is 2.59.